The smallest absolute Gasteiger partial charge is 0.278 e. The highest BCUT2D eigenvalue weighted by Crippen LogP contribution is 2.04. The lowest BCUT2D eigenvalue weighted by molar-refractivity contribution is -0.130. The van der Waals surface area contributed by atoms with Gasteiger partial charge in [0.25, 0.3) is 5.91 Å². The second-order valence-corrected chi connectivity index (χ2v) is 3.43. The van der Waals surface area contributed by atoms with Gasteiger partial charge in [0.05, 0.1) is 0 Å². The standard InChI is InChI=1S/C8H13N5O3/c1-4(8(15)13(2)3)10-7(14)5-6(9)12-16-11-5/h4H,1-3H3,(H2,9,12)(H,10,14). The van der Waals surface area contributed by atoms with Crippen molar-refractivity contribution < 1.29 is 14.2 Å². The van der Waals surface area contributed by atoms with E-state index < -0.39 is 11.9 Å². The van der Waals surface area contributed by atoms with E-state index in [1.807, 2.05) is 0 Å². The van der Waals surface area contributed by atoms with Crippen LogP contribution >= 0.6 is 0 Å². The third-order valence-electron chi connectivity index (χ3n) is 1.89. The molecule has 0 fully saturated rings. The predicted molar refractivity (Wildman–Crippen MR) is 54.3 cm³/mol. The highest BCUT2D eigenvalue weighted by Gasteiger charge is 2.22. The van der Waals surface area contributed by atoms with Gasteiger partial charge in [-0.2, -0.15) is 0 Å². The minimum atomic E-state index is -0.668. The monoisotopic (exact) mass is 227 g/mol. The molecule has 0 bridgehead atoms. The van der Waals surface area contributed by atoms with Gasteiger partial charge in [0.15, 0.2) is 0 Å². The van der Waals surface area contributed by atoms with Gasteiger partial charge in [-0.1, -0.05) is 0 Å². The molecule has 0 aliphatic heterocycles. The summed E-state index contributed by atoms with van der Waals surface area (Å²) in [6, 6.07) is -0.668. The molecule has 1 unspecified atom stereocenters. The minimum absolute atomic E-state index is 0.109. The number of aromatic nitrogens is 2. The molecule has 2 amide bonds. The first-order valence-corrected chi connectivity index (χ1v) is 4.53. The molecule has 0 saturated heterocycles. The molecule has 3 N–H and O–H groups in total. The fraction of sp³-hybridized carbons (Fsp3) is 0.500. The van der Waals surface area contributed by atoms with Gasteiger partial charge in [-0.3, -0.25) is 9.59 Å². The zero-order chi connectivity index (χ0) is 12.3. The predicted octanol–water partition coefficient (Wildman–Crippen LogP) is -1.14. The van der Waals surface area contributed by atoms with Crippen LogP contribution in [0.1, 0.15) is 17.4 Å². The summed E-state index contributed by atoms with van der Waals surface area (Å²) in [4.78, 5) is 24.4. The molecular weight excluding hydrogens is 214 g/mol. The Bertz CT molecular complexity index is 400. The molecule has 0 saturated carbocycles. The van der Waals surface area contributed by atoms with E-state index in [0.29, 0.717) is 0 Å². The number of rotatable bonds is 3. The van der Waals surface area contributed by atoms with Crippen LogP contribution < -0.4 is 11.1 Å². The fourth-order valence-electron chi connectivity index (χ4n) is 1.07. The molecule has 8 nitrogen and oxygen atoms in total. The Kier molecular flexibility index (Phi) is 3.44. The first-order chi connectivity index (χ1) is 7.43. The summed E-state index contributed by atoms with van der Waals surface area (Å²) in [5.74, 6) is -0.938. The van der Waals surface area contributed by atoms with Crippen molar-refractivity contribution in [2.24, 2.45) is 0 Å². The van der Waals surface area contributed by atoms with Crippen LogP contribution in [0.3, 0.4) is 0 Å². The molecule has 0 aliphatic rings. The van der Waals surface area contributed by atoms with E-state index in [0.717, 1.165) is 0 Å². The van der Waals surface area contributed by atoms with Crippen molar-refractivity contribution in [2.45, 2.75) is 13.0 Å². The van der Waals surface area contributed by atoms with Crippen molar-refractivity contribution in [1.29, 1.82) is 0 Å². The maximum absolute atomic E-state index is 11.5. The number of hydrogen-bond acceptors (Lipinski definition) is 6. The highest BCUT2D eigenvalue weighted by molar-refractivity contribution is 5.98. The average Bonchev–Trinajstić information content (AvgIpc) is 2.62. The molecule has 1 heterocycles. The van der Waals surface area contributed by atoms with Gasteiger partial charge in [0, 0.05) is 14.1 Å². The van der Waals surface area contributed by atoms with Crippen LogP contribution in [0.2, 0.25) is 0 Å². The third-order valence-corrected chi connectivity index (χ3v) is 1.89. The quantitative estimate of drug-likeness (QED) is 0.674. The van der Waals surface area contributed by atoms with Gasteiger partial charge in [-0.15, -0.1) is 0 Å². The maximum Gasteiger partial charge on any atom is 0.278 e. The molecule has 1 aromatic rings. The normalized spacial score (nSPS) is 11.9. The summed E-state index contributed by atoms with van der Waals surface area (Å²) < 4.78 is 4.27. The number of nitrogens with one attached hydrogen (secondary N) is 1. The first-order valence-electron chi connectivity index (χ1n) is 4.53. The van der Waals surface area contributed by atoms with Crippen LogP contribution in [0.5, 0.6) is 0 Å². The topological polar surface area (TPSA) is 114 Å². The number of carbonyl (C=O) groups excluding carboxylic acids is 2. The van der Waals surface area contributed by atoms with Gasteiger partial charge in [-0.25, -0.2) is 4.63 Å². The minimum Gasteiger partial charge on any atom is -0.379 e. The van der Waals surface area contributed by atoms with Crippen molar-refractivity contribution in [2.75, 3.05) is 19.8 Å². The first kappa shape index (κ1) is 12.0. The lowest BCUT2D eigenvalue weighted by atomic mass is 10.3. The van der Waals surface area contributed by atoms with Gasteiger partial charge in [0.1, 0.15) is 6.04 Å². The third kappa shape index (κ3) is 2.47. The lowest BCUT2D eigenvalue weighted by Gasteiger charge is -2.17. The summed E-state index contributed by atoms with van der Waals surface area (Å²) in [5.41, 5.74) is 5.20. The van der Waals surface area contributed by atoms with Crippen LogP contribution in [0.25, 0.3) is 0 Å². The van der Waals surface area contributed by atoms with E-state index in [2.05, 4.69) is 20.3 Å². The molecule has 0 radical (unpaired) electrons. The number of hydrogen-bond donors (Lipinski definition) is 2. The maximum atomic E-state index is 11.5. The van der Waals surface area contributed by atoms with Crippen LogP contribution in [-0.2, 0) is 4.79 Å². The van der Waals surface area contributed by atoms with Crippen molar-refractivity contribution in [3.8, 4) is 0 Å². The number of nitrogens with two attached hydrogens (primary N) is 1. The van der Waals surface area contributed by atoms with E-state index in [1.165, 1.54) is 4.90 Å². The Morgan fingerprint density at radius 2 is 2.06 bits per heavy atom. The zero-order valence-electron chi connectivity index (χ0n) is 9.22. The van der Waals surface area contributed by atoms with Crippen molar-refractivity contribution >= 4 is 17.6 Å². The summed E-state index contributed by atoms with van der Waals surface area (Å²) in [5, 5.41) is 9.02. The van der Waals surface area contributed by atoms with Gasteiger partial charge < -0.3 is 16.0 Å². The van der Waals surface area contributed by atoms with Crippen molar-refractivity contribution in [3.63, 3.8) is 0 Å². The molecule has 8 heteroatoms. The van der Waals surface area contributed by atoms with E-state index in [1.54, 1.807) is 21.0 Å². The van der Waals surface area contributed by atoms with Crippen LogP contribution in [0.4, 0.5) is 5.82 Å². The fourth-order valence-corrected chi connectivity index (χ4v) is 1.07. The molecule has 16 heavy (non-hydrogen) atoms. The number of anilines is 1. The number of amides is 2. The molecule has 1 rings (SSSR count). The van der Waals surface area contributed by atoms with Crippen molar-refractivity contribution in [1.82, 2.24) is 20.5 Å². The molecule has 0 aromatic carbocycles. The Hall–Kier alpha value is -2.12. The summed E-state index contributed by atoms with van der Waals surface area (Å²) in [6.45, 7) is 1.56. The largest absolute Gasteiger partial charge is 0.379 e. The van der Waals surface area contributed by atoms with E-state index >= 15 is 0 Å². The van der Waals surface area contributed by atoms with Crippen LogP contribution in [0, 0.1) is 0 Å². The molecule has 0 aliphatic carbocycles. The van der Waals surface area contributed by atoms with E-state index in [-0.39, 0.29) is 17.4 Å². The zero-order valence-corrected chi connectivity index (χ0v) is 9.22. The molecule has 1 aromatic heterocycles. The van der Waals surface area contributed by atoms with E-state index in [9.17, 15) is 9.59 Å². The molecule has 88 valence electrons. The van der Waals surface area contributed by atoms with Crippen LogP contribution in [0.15, 0.2) is 4.63 Å². The second kappa shape index (κ2) is 4.60. The number of carbonyl (C=O) groups is 2. The van der Waals surface area contributed by atoms with E-state index in [4.69, 9.17) is 5.73 Å². The van der Waals surface area contributed by atoms with Gasteiger partial charge in [0.2, 0.25) is 17.4 Å². The highest BCUT2D eigenvalue weighted by atomic mass is 16.6. The second-order valence-electron chi connectivity index (χ2n) is 3.43. The Labute approximate surface area is 91.7 Å². The lowest BCUT2D eigenvalue weighted by Crippen LogP contribution is -2.44. The van der Waals surface area contributed by atoms with Crippen molar-refractivity contribution in [3.05, 3.63) is 5.69 Å². The summed E-state index contributed by atoms with van der Waals surface area (Å²) in [6.07, 6.45) is 0. The number of nitrogens with zero attached hydrogens (tertiary/aromatic N) is 3. The Morgan fingerprint density at radius 1 is 1.44 bits per heavy atom. The number of nitrogen functional groups attached to an aromatic ring is 1. The summed E-state index contributed by atoms with van der Waals surface area (Å²) >= 11 is 0. The van der Waals surface area contributed by atoms with Crippen LogP contribution in [-0.4, -0.2) is 47.2 Å². The SMILES string of the molecule is CC(NC(=O)c1nonc1N)C(=O)N(C)C. The van der Waals surface area contributed by atoms with Gasteiger partial charge >= 0.3 is 0 Å². The molecular formula is C8H13N5O3. The Balaban J connectivity index is 2.66. The van der Waals surface area contributed by atoms with Gasteiger partial charge in [-0.05, 0) is 17.2 Å². The molecule has 0 spiro atoms. The number of likely N-dealkylation sites (N-methyl/N-ethyl adjacent to an activating group) is 1. The Morgan fingerprint density at radius 3 is 2.50 bits per heavy atom. The molecule has 1 atom stereocenters. The average molecular weight is 227 g/mol. The summed E-state index contributed by atoms with van der Waals surface area (Å²) in [7, 11) is 3.19.